The Morgan fingerprint density at radius 3 is 2.73 bits per heavy atom. The molecule has 2 nitrogen and oxygen atoms in total. The molecule has 4 heteroatoms. The molecule has 1 amide bonds. The third-order valence-corrected chi connectivity index (χ3v) is 3.98. The van der Waals surface area contributed by atoms with Crippen LogP contribution in [0.4, 0.5) is 0 Å². The monoisotopic (exact) mass is 333 g/mol. The van der Waals surface area contributed by atoms with Gasteiger partial charge in [-0.25, -0.2) is 0 Å². The zero-order valence-corrected chi connectivity index (χ0v) is 11.3. The van der Waals surface area contributed by atoms with Crippen molar-refractivity contribution >= 4 is 40.3 Å². The van der Waals surface area contributed by atoms with Crippen molar-refractivity contribution in [1.29, 1.82) is 0 Å². The lowest BCUT2D eigenvalue weighted by atomic mass is 10.2. The van der Waals surface area contributed by atoms with Crippen LogP contribution in [0.2, 0.25) is 0 Å². The Bertz CT molecular complexity index is 363. The quantitative estimate of drug-likeness (QED) is 0.736. The molecule has 0 aliphatic carbocycles. The van der Waals surface area contributed by atoms with Crippen LogP contribution in [0.1, 0.15) is 10.4 Å². The van der Waals surface area contributed by atoms with E-state index < -0.39 is 0 Å². The molecule has 0 saturated carbocycles. The molecule has 0 radical (unpaired) electrons. The van der Waals surface area contributed by atoms with E-state index in [1.807, 2.05) is 40.9 Å². The molecule has 15 heavy (non-hydrogen) atoms. The third kappa shape index (κ3) is 2.87. The molecule has 80 valence electrons. The van der Waals surface area contributed by atoms with Gasteiger partial charge in [0, 0.05) is 33.7 Å². The molecule has 0 unspecified atom stereocenters. The van der Waals surface area contributed by atoms with Crippen molar-refractivity contribution in [1.82, 2.24) is 4.90 Å². The van der Waals surface area contributed by atoms with E-state index >= 15 is 0 Å². The maximum absolute atomic E-state index is 12.1. The molecular weight excluding hydrogens is 321 g/mol. The Balaban J connectivity index is 2.12. The van der Waals surface area contributed by atoms with Gasteiger partial charge in [-0.1, -0.05) is 6.07 Å². The SMILES string of the molecule is O=C(c1cccc(I)c1)N1CCSCC1. The van der Waals surface area contributed by atoms with E-state index in [9.17, 15) is 4.79 Å². The van der Waals surface area contributed by atoms with Gasteiger partial charge in [-0.2, -0.15) is 11.8 Å². The summed E-state index contributed by atoms with van der Waals surface area (Å²) in [7, 11) is 0. The minimum atomic E-state index is 0.175. The van der Waals surface area contributed by atoms with E-state index in [2.05, 4.69) is 22.6 Å². The Kier molecular flexibility index (Phi) is 3.91. The van der Waals surface area contributed by atoms with Crippen molar-refractivity contribution in [3.05, 3.63) is 33.4 Å². The van der Waals surface area contributed by atoms with Gasteiger partial charge in [-0.3, -0.25) is 4.79 Å². The second-order valence-electron chi connectivity index (χ2n) is 3.41. The van der Waals surface area contributed by atoms with Crippen molar-refractivity contribution in [2.24, 2.45) is 0 Å². The van der Waals surface area contributed by atoms with E-state index in [-0.39, 0.29) is 5.91 Å². The van der Waals surface area contributed by atoms with Crippen molar-refractivity contribution < 1.29 is 4.79 Å². The maximum atomic E-state index is 12.1. The van der Waals surface area contributed by atoms with E-state index in [0.717, 1.165) is 33.7 Å². The van der Waals surface area contributed by atoms with Crippen LogP contribution in [0.25, 0.3) is 0 Å². The van der Waals surface area contributed by atoms with Crippen LogP contribution in [0, 0.1) is 3.57 Å². The highest BCUT2D eigenvalue weighted by molar-refractivity contribution is 14.1. The van der Waals surface area contributed by atoms with Gasteiger partial charge in [0.05, 0.1) is 0 Å². The van der Waals surface area contributed by atoms with Crippen LogP contribution in [-0.4, -0.2) is 35.4 Å². The molecule has 0 atom stereocenters. The number of benzene rings is 1. The van der Waals surface area contributed by atoms with Gasteiger partial charge in [0.25, 0.3) is 5.91 Å². The molecular formula is C11H12INOS. The van der Waals surface area contributed by atoms with Gasteiger partial charge in [0.15, 0.2) is 0 Å². The molecule has 1 aromatic carbocycles. The van der Waals surface area contributed by atoms with Crippen LogP contribution in [0.15, 0.2) is 24.3 Å². The van der Waals surface area contributed by atoms with Gasteiger partial charge in [-0.05, 0) is 40.8 Å². The number of rotatable bonds is 1. The summed E-state index contributed by atoms with van der Waals surface area (Å²) < 4.78 is 1.12. The lowest BCUT2D eigenvalue weighted by Crippen LogP contribution is -2.37. The molecule has 0 bridgehead atoms. The second-order valence-corrected chi connectivity index (χ2v) is 5.89. The predicted octanol–water partition coefficient (Wildman–Crippen LogP) is 2.48. The van der Waals surface area contributed by atoms with Gasteiger partial charge in [0.2, 0.25) is 0 Å². The first-order valence-corrected chi connectivity index (χ1v) is 7.13. The average Bonchev–Trinajstić information content (AvgIpc) is 2.29. The lowest BCUT2D eigenvalue weighted by Gasteiger charge is -2.26. The molecule has 1 heterocycles. The normalized spacial score (nSPS) is 16.5. The Hall–Kier alpha value is -0.230. The number of thioether (sulfide) groups is 1. The minimum Gasteiger partial charge on any atom is -0.337 e. The molecule has 2 rings (SSSR count). The molecule has 1 fully saturated rings. The van der Waals surface area contributed by atoms with Gasteiger partial charge in [-0.15, -0.1) is 0 Å². The largest absolute Gasteiger partial charge is 0.337 e. The first-order valence-electron chi connectivity index (χ1n) is 4.90. The third-order valence-electron chi connectivity index (χ3n) is 2.37. The maximum Gasteiger partial charge on any atom is 0.253 e. The summed E-state index contributed by atoms with van der Waals surface area (Å²) in [4.78, 5) is 14.0. The van der Waals surface area contributed by atoms with E-state index in [1.54, 1.807) is 0 Å². The number of hydrogen-bond donors (Lipinski definition) is 0. The smallest absolute Gasteiger partial charge is 0.253 e. The number of nitrogens with zero attached hydrogens (tertiary/aromatic N) is 1. The summed E-state index contributed by atoms with van der Waals surface area (Å²) in [6.07, 6.45) is 0. The molecule has 0 spiro atoms. The predicted molar refractivity (Wildman–Crippen MR) is 72.4 cm³/mol. The number of halogens is 1. The molecule has 1 aromatic rings. The first kappa shape index (κ1) is 11.3. The number of carbonyl (C=O) groups is 1. The zero-order chi connectivity index (χ0) is 10.7. The summed E-state index contributed by atoms with van der Waals surface area (Å²) in [6, 6.07) is 7.79. The fourth-order valence-electron chi connectivity index (χ4n) is 1.57. The van der Waals surface area contributed by atoms with Crippen molar-refractivity contribution in [3.63, 3.8) is 0 Å². The highest BCUT2D eigenvalue weighted by atomic mass is 127. The molecule has 0 N–H and O–H groups in total. The van der Waals surface area contributed by atoms with Crippen molar-refractivity contribution in [2.45, 2.75) is 0 Å². The minimum absolute atomic E-state index is 0.175. The fraction of sp³-hybridized carbons (Fsp3) is 0.364. The summed E-state index contributed by atoms with van der Waals surface area (Å²) in [5.41, 5.74) is 0.814. The standard InChI is InChI=1S/C11H12INOS/c12-10-3-1-2-9(8-10)11(14)13-4-6-15-7-5-13/h1-3,8H,4-7H2. The van der Waals surface area contributed by atoms with Crippen LogP contribution >= 0.6 is 34.4 Å². The van der Waals surface area contributed by atoms with Crippen LogP contribution in [-0.2, 0) is 0 Å². The average molecular weight is 333 g/mol. The van der Waals surface area contributed by atoms with Crippen LogP contribution in [0.3, 0.4) is 0 Å². The Labute approximate surface area is 108 Å². The Morgan fingerprint density at radius 2 is 2.07 bits per heavy atom. The molecule has 1 aliphatic heterocycles. The number of carbonyl (C=O) groups excluding carboxylic acids is 1. The summed E-state index contributed by atoms with van der Waals surface area (Å²) in [6.45, 7) is 1.77. The highest BCUT2D eigenvalue weighted by Crippen LogP contribution is 2.14. The van der Waals surface area contributed by atoms with Crippen LogP contribution in [0.5, 0.6) is 0 Å². The first-order chi connectivity index (χ1) is 7.27. The number of hydrogen-bond acceptors (Lipinski definition) is 2. The lowest BCUT2D eigenvalue weighted by molar-refractivity contribution is 0.0772. The van der Waals surface area contributed by atoms with Crippen molar-refractivity contribution in [3.8, 4) is 0 Å². The number of amides is 1. The fourth-order valence-corrected chi connectivity index (χ4v) is 3.02. The summed E-state index contributed by atoms with van der Waals surface area (Å²) in [5.74, 6) is 2.31. The highest BCUT2D eigenvalue weighted by Gasteiger charge is 2.17. The van der Waals surface area contributed by atoms with E-state index in [0.29, 0.717) is 0 Å². The topological polar surface area (TPSA) is 20.3 Å². The summed E-state index contributed by atoms with van der Waals surface area (Å²) in [5, 5.41) is 0. The summed E-state index contributed by atoms with van der Waals surface area (Å²) >= 11 is 4.15. The van der Waals surface area contributed by atoms with Gasteiger partial charge >= 0.3 is 0 Å². The zero-order valence-electron chi connectivity index (χ0n) is 8.28. The van der Waals surface area contributed by atoms with E-state index in [1.165, 1.54) is 0 Å². The van der Waals surface area contributed by atoms with Gasteiger partial charge < -0.3 is 4.90 Å². The van der Waals surface area contributed by atoms with Gasteiger partial charge in [0.1, 0.15) is 0 Å². The Morgan fingerprint density at radius 1 is 1.33 bits per heavy atom. The molecule has 1 aliphatic rings. The van der Waals surface area contributed by atoms with Crippen LogP contribution < -0.4 is 0 Å². The van der Waals surface area contributed by atoms with Crippen molar-refractivity contribution in [2.75, 3.05) is 24.6 Å². The second kappa shape index (κ2) is 5.21. The molecule has 0 aromatic heterocycles. The molecule has 1 saturated heterocycles. The van der Waals surface area contributed by atoms with E-state index in [4.69, 9.17) is 0 Å².